The van der Waals surface area contributed by atoms with Crippen LogP contribution in [0.1, 0.15) is 41.8 Å². The lowest BCUT2D eigenvalue weighted by Crippen LogP contribution is -2.38. The second kappa shape index (κ2) is 9.89. The highest BCUT2D eigenvalue weighted by atomic mass is 35.5. The summed E-state index contributed by atoms with van der Waals surface area (Å²) in [5.41, 5.74) is 0. The quantitative estimate of drug-likeness (QED) is 0.746. The molecule has 6 nitrogen and oxygen atoms in total. The number of halogens is 1. The van der Waals surface area contributed by atoms with Crippen molar-refractivity contribution in [2.75, 3.05) is 26.2 Å². The molecule has 8 heteroatoms. The van der Waals surface area contributed by atoms with Gasteiger partial charge in [-0.2, -0.15) is 0 Å². The minimum Gasteiger partial charge on any atom is -0.454 e. The van der Waals surface area contributed by atoms with Crippen molar-refractivity contribution in [1.82, 2.24) is 10.2 Å². The Balaban J connectivity index is 1.46. The molecule has 1 fully saturated rings. The lowest BCUT2D eigenvalue weighted by molar-refractivity contribution is -0.151. The number of likely N-dealkylation sites (tertiary alicyclic amines) is 1. The molecule has 0 spiro atoms. The molecule has 0 radical (unpaired) electrons. The first-order valence-corrected chi connectivity index (χ1v) is 10.6. The number of hydrogen-bond acceptors (Lipinski definition) is 5. The first kappa shape index (κ1) is 20.6. The fourth-order valence-electron chi connectivity index (χ4n) is 3.17. The summed E-state index contributed by atoms with van der Waals surface area (Å²) >= 11 is 7.53. The number of rotatable bonds is 5. The molecule has 1 aliphatic rings. The Bertz CT molecular complexity index is 859. The molecule has 2 heterocycles. The maximum Gasteiger partial charge on any atom is 0.325 e. The average Bonchev–Trinajstić information content (AvgIpc) is 3.01. The smallest absolute Gasteiger partial charge is 0.325 e. The summed E-state index contributed by atoms with van der Waals surface area (Å²) in [6, 6.07) is 7.45. The number of carbonyl (C=O) groups is 3. The first-order chi connectivity index (χ1) is 13.6. The van der Waals surface area contributed by atoms with Crippen molar-refractivity contribution in [3.8, 4) is 0 Å². The van der Waals surface area contributed by atoms with E-state index < -0.39 is 11.9 Å². The Morgan fingerprint density at radius 2 is 1.75 bits per heavy atom. The van der Waals surface area contributed by atoms with Gasteiger partial charge in [0.1, 0.15) is 11.4 Å². The predicted molar refractivity (Wildman–Crippen MR) is 110 cm³/mol. The molecule has 0 atom stereocenters. The van der Waals surface area contributed by atoms with Crippen LogP contribution in [0.5, 0.6) is 0 Å². The Morgan fingerprint density at radius 3 is 2.46 bits per heavy atom. The second-order valence-corrected chi connectivity index (χ2v) is 8.16. The molecule has 0 bridgehead atoms. The largest absolute Gasteiger partial charge is 0.454 e. The average molecular weight is 423 g/mol. The lowest BCUT2D eigenvalue weighted by atomic mass is 10.1. The van der Waals surface area contributed by atoms with Gasteiger partial charge in [-0.25, -0.2) is 0 Å². The third-order valence-electron chi connectivity index (χ3n) is 4.70. The minimum atomic E-state index is -0.647. The van der Waals surface area contributed by atoms with Crippen molar-refractivity contribution in [3.63, 3.8) is 0 Å². The van der Waals surface area contributed by atoms with E-state index in [9.17, 15) is 14.4 Å². The molecule has 150 valence electrons. The lowest BCUT2D eigenvalue weighted by Gasteiger charge is -2.24. The molecule has 1 saturated heterocycles. The van der Waals surface area contributed by atoms with Gasteiger partial charge in [0.2, 0.25) is 0 Å². The van der Waals surface area contributed by atoms with Crippen molar-refractivity contribution in [1.29, 1.82) is 0 Å². The summed E-state index contributed by atoms with van der Waals surface area (Å²) in [6.07, 6.45) is 5.41. The van der Waals surface area contributed by atoms with E-state index in [1.54, 1.807) is 4.90 Å². The van der Waals surface area contributed by atoms with Crippen LogP contribution in [0, 0.1) is 0 Å². The highest BCUT2D eigenvalue weighted by Crippen LogP contribution is 2.34. The van der Waals surface area contributed by atoms with Gasteiger partial charge < -0.3 is 15.0 Å². The van der Waals surface area contributed by atoms with E-state index in [0.717, 1.165) is 35.8 Å². The predicted octanol–water partition coefficient (Wildman–Crippen LogP) is 3.62. The maximum atomic E-state index is 12.3. The van der Waals surface area contributed by atoms with E-state index >= 15 is 0 Å². The van der Waals surface area contributed by atoms with Crippen LogP contribution in [0.25, 0.3) is 10.1 Å². The number of benzene rings is 1. The summed E-state index contributed by atoms with van der Waals surface area (Å²) in [5.74, 6) is -1.27. The van der Waals surface area contributed by atoms with Gasteiger partial charge >= 0.3 is 5.97 Å². The Morgan fingerprint density at radius 1 is 1.07 bits per heavy atom. The molecule has 0 saturated carbocycles. The molecule has 1 aliphatic heterocycles. The molecule has 0 aliphatic carbocycles. The maximum absolute atomic E-state index is 12.3. The summed E-state index contributed by atoms with van der Waals surface area (Å²) in [4.78, 5) is 38.6. The van der Waals surface area contributed by atoms with Crippen LogP contribution in [0.15, 0.2) is 24.3 Å². The van der Waals surface area contributed by atoms with Gasteiger partial charge in [-0.1, -0.05) is 49.1 Å². The molecular weight excluding hydrogens is 400 g/mol. The van der Waals surface area contributed by atoms with Gasteiger partial charge in [0.05, 0.1) is 5.02 Å². The summed E-state index contributed by atoms with van der Waals surface area (Å²) < 4.78 is 5.93. The van der Waals surface area contributed by atoms with Gasteiger partial charge in [-0.15, -0.1) is 11.3 Å². The summed E-state index contributed by atoms with van der Waals surface area (Å²) in [6.45, 7) is 0.810. The molecule has 0 unspecified atom stereocenters. The van der Waals surface area contributed by atoms with Gasteiger partial charge in [0, 0.05) is 23.2 Å². The van der Waals surface area contributed by atoms with E-state index in [1.165, 1.54) is 17.8 Å². The molecule has 2 aromatic rings. The zero-order valence-electron chi connectivity index (χ0n) is 15.5. The topological polar surface area (TPSA) is 75.7 Å². The summed E-state index contributed by atoms with van der Waals surface area (Å²) in [7, 11) is 0. The number of hydrogen-bond donors (Lipinski definition) is 1. The van der Waals surface area contributed by atoms with E-state index in [2.05, 4.69) is 5.32 Å². The van der Waals surface area contributed by atoms with Crippen LogP contribution in [0.4, 0.5) is 0 Å². The number of carbonyl (C=O) groups excluding carboxylic acids is 3. The minimum absolute atomic E-state index is 0.186. The van der Waals surface area contributed by atoms with Crippen LogP contribution in [-0.4, -0.2) is 48.9 Å². The number of ether oxygens (including phenoxy) is 1. The Hall–Kier alpha value is -2.12. The Labute approximate surface area is 172 Å². The van der Waals surface area contributed by atoms with Crippen LogP contribution in [-0.2, 0) is 14.3 Å². The molecule has 1 aromatic heterocycles. The van der Waals surface area contributed by atoms with E-state index in [-0.39, 0.29) is 19.1 Å². The number of amides is 2. The second-order valence-electron chi connectivity index (χ2n) is 6.73. The molecule has 1 N–H and O–H groups in total. The number of thiophene rings is 1. The van der Waals surface area contributed by atoms with Crippen molar-refractivity contribution >= 4 is 50.8 Å². The fourth-order valence-corrected chi connectivity index (χ4v) is 4.61. The first-order valence-electron chi connectivity index (χ1n) is 9.45. The zero-order valence-corrected chi connectivity index (χ0v) is 17.1. The highest BCUT2D eigenvalue weighted by Gasteiger charge is 2.19. The van der Waals surface area contributed by atoms with Crippen LogP contribution < -0.4 is 5.32 Å². The number of nitrogens with one attached hydrogen (secondary N) is 1. The SMILES string of the molecule is O=C(CNC(=O)c1sc2ccccc2c1Cl)OCC(=O)N1CCCCCCC1. The van der Waals surface area contributed by atoms with Gasteiger partial charge in [0.15, 0.2) is 6.61 Å². The summed E-state index contributed by atoms with van der Waals surface area (Å²) in [5, 5.41) is 3.69. The van der Waals surface area contributed by atoms with Crippen molar-refractivity contribution < 1.29 is 19.1 Å². The standard InChI is InChI=1S/C20H23ClN2O4S/c21-18-14-8-4-5-9-15(14)28-19(18)20(26)22-12-17(25)27-13-16(24)23-10-6-2-1-3-7-11-23/h4-5,8-9H,1-3,6-7,10-13H2,(H,22,26). The highest BCUT2D eigenvalue weighted by molar-refractivity contribution is 7.21. The molecular formula is C20H23ClN2O4S. The Kier molecular flexibility index (Phi) is 7.28. The van der Waals surface area contributed by atoms with E-state index in [0.29, 0.717) is 23.0 Å². The third-order valence-corrected chi connectivity index (χ3v) is 6.37. The van der Waals surface area contributed by atoms with Crippen LogP contribution in [0.2, 0.25) is 5.02 Å². The fraction of sp³-hybridized carbons (Fsp3) is 0.450. The molecule has 1 aromatic carbocycles. The van der Waals surface area contributed by atoms with Crippen molar-refractivity contribution in [2.45, 2.75) is 32.1 Å². The third kappa shape index (κ3) is 5.23. The normalized spacial score (nSPS) is 15.0. The van der Waals surface area contributed by atoms with Gasteiger partial charge in [-0.05, 0) is 18.9 Å². The molecule has 3 rings (SSSR count). The molecule has 28 heavy (non-hydrogen) atoms. The van der Waals surface area contributed by atoms with E-state index in [4.69, 9.17) is 16.3 Å². The van der Waals surface area contributed by atoms with Crippen LogP contribution in [0.3, 0.4) is 0 Å². The number of fused-ring (bicyclic) bond motifs is 1. The molecule has 2 amide bonds. The van der Waals surface area contributed by atoms with Gasteiger partial charge in [-0.3, -0.25) is 14.4 Å². The zero-order chi connectivity index (χ0) is 19.9. The van der Waals surface area contributed by atoms with Crippen molar-refractivity contribution in [2.24, 2.45) is 0 Å². The van der Waals surface area contributed by atoms with Crippen LogP contribution >= 0.6 is 22.9 Å². The van der Waals surface area contributed by atoms with Crippen molar-refractivity contribution in [3.05, 3.63) is 34.2 Å². The van der Waals surface area contributed by atoms with E-state index in [1.807, 2.05) is 24.3 Å². The monoisotopic (exact) mass is 422 g/mol. The number of nitrogens with zero attached hydrogens (tertiary/aromatic N) is 1. The number of esters is 1. The van der Waals surface area contributed by atoms with Gasteiger partial charge in [0.25, 0.3) is 11.8 Å².